The third-order valence-electron chi connectivity index (χ3n) is 5.60. The average molecular weight is 463 g/mol. The van der Waals surface area contributed by atoms with Crippen LogP contribution in [0.25, 0.3) is 22.2 Å². The minimum atomic E-state index is -0.433. The Hall–Kier alpha value is -3.52. The molecule has 1 N–H and O–H groups in total. The van der Waals surface area contributed by atoms with Gasteiger partial charge in [0, 0.05) is 28.6 Å². The van der Waals surface area contributed by atoms with Gasteiger partial charge in [-0.3, -0.25) is 9.48 Å². The van der Waals surface area contributed by atoms with Crippen LogP contribution in [0.5, 0.6) is 0 Å². The van der Waals surface area contributed by atoms with Crippen molar-refractivity contribution in [3.63, 3.8) is 0 Å². The number of nitrogens with zero attached hydrogens (tertiary/aromatic N) is 3. The average Bonchev–Trinajstić information content (AvgIpc) is 3.31. The van der Waals surface area contributed by atoms with E-state index in [0.717, 1.165) is 33.6 Å². The van der Waals surface area contributed by atoms with E-state index in [-0.39, 0.29) is 12.5 Å². The molecule has 1 aromatic carbocycles. The number of esters is 1. The first-order valence-corrected chi connectivity index (χ1v) is 11.7. The molecule has 0 spiro atoms. The number of hydrogen-bond donors (Lipinski definition) is 1. The number of aryl methyl sites for hydroxylation is 3. The molecule has 1 amide bonds. The van der Waals surface area contributed by atoms with Crippen molar-refractivity contribution in [1.82, 2.24) is 14.8 Å². The summed E-state index contributed by atoms with van der Waals surface area (Å²) in [6.07, 6.45) is 1.94. The van der Waals surface area contributed by atoms with E-state index < -0.39 is 5.97 Å². The number of carbonyl (C=O) groups is 2. The van der Waals surface area contributed by atoms with Gasteiger partial charge < -0.3 is 10.1 Å². The second-order valence-corrected chi connectivity index (χ2v) is 8.94. The van der Waals surface area contributed by atoms with Crippen LogP contribution in [0, 0.1) is 20.8 Å². The molecule has 170 valence electrons. The number of aromatic nitrogens is 3. The highest BCUT2D eigenvalue weighted by atomic mass is 32.1. The highest BCUT2D eigenvalue weighted by Gasteiger charge is 2.24. The first-order chi connectivity index (χ1) is 15.8. The maximum Gasteiger partial charge on any atom is 0.341 e. The third-order valence-corrected chi connectivity index (χ3v) is 6.72. The number of benzene rings is 1. The summed E-state index contributed by atoms with van der Waals surface area (Å²) in [6.45, 7) is 10.5. The normalized spacial score (nSPS) is 11.1. The largest absolute Gasteiger partial charge is 0.462 e. The van der Waals surface area contributed by atoms with Crippen molar-refractivity contribution in [2.75, 3.05) is 11.9 Å². The number of rotatable bonds is 6. The summed E-state index contributed by atoms with van der Waals surface area (Å²) in [5.74, 6) is -0.736. The standard InChI is InChI=1S/C25H26N4O3S/c1-6-29-13-19(15(4)28-29)21-12-18(17-10-8-9-11-20(17)26-21)23(30)27-24-22(25(31)32-7-2)14(3)16(5)33-24/h8-13H,6-7H2,1-5H3,(H,27,30). The van der Waals surface area contributed by atoms with E-state index in [9.17, 15) is 9.59 Å². The van der Waals surface area contributed by atoms with Crippen LogP contribution in [0.15, 0.2) is 36.5 Å². The second kappa shape index (κ2) is 9.15. The predicted molar refractivity (Wildman–Crippen MR) is 131 cm³/mol. The van der Waals surface area contributed by atoms with E-state index in [1.807, 2.05) is 62.8 Å². The molecular formula is C25H26N4O3S. The van der Waals surface area contributed by atoms with Crippen molar-refractivity contribution < 1.29 is 14.3 Å². The van der Waals surface area contributed by atoms with Gasteiger partial charge in [0.25, 0.3) is 5.91 Å². The van der Waals surface area contributed by atoms with Crippen LogP contribution in [-0.2, 0) is 11.3 Å². The van der Waals surface area contributed by atoms with Gasteiger partial charge in [-0.2, -0.15) is 5.10 Å². The van der Waals surface area contributed by atoms with E-state index in [2.05, 4.69) is 10.4 Å². The number of carbonyl (C=O) groups excluding carboxylic acids is 2. The number of ether oxygens (including phenoxy) is 1. The Balaban J connectivity index is 1.80. The number of amides is 1. The molecule has 7 nitrogen and oxygen atoms in total. The number of thiophene rings is 1. The molecule has 3 aromatic heterocycles. The lowest BCUT2D eigenvalue weighted by Gasteiger charge is -2.11. The fourth-order valence-corrected chi connectivity index (χ4v) is 4.81. The molecule has 33 heavy (non-hydrogen) atoms. The Morgan fingerprint density at radius 3 is 2.61 bits per heavy atom. The number of para-hydroxylation sites is 1. The topological polar surface area (TPSA) is 86.1 Å². The zero-order chi connectivity index (χ0) is 23.7. The molecule has 0 fully saturated rings. The van der Waals surface area contributed by atoms with Crippen molar-refractivity contribution in [2.24, 2.45) is 0 Å². The molecule has 4 aromatic rings. The molecule has 0 unspecified atom stereocenters. The molecule has 0 aliphatic rings. The number of anilines is 1. The molecule has 0 aliphatic carbocycles. The molecule has 8 heteroatoms. The number of hydrogen-bond acceptors (Lipinski definition) is 6. The van der Waals surface area contributed by atoms with Crippen molar-refractivity contribution in [1.29, 1.82) is 0 Å². The van der Waals surface area contributed by atoms with Gasteiger partial charge in [0.1, 0.15) is 5.00 Å². The first-order valence-electron chi connectivity index (χ1n) is 10.9. The smallest absolute Gasteiger partial charge is 0.341 e. The van der Waals surface area contributed by atoms with Gasteiger partial charge in [0.2, 0.25) is 0 Å². The fourth-order valence-electron chi connectivity index (χ4n) is 3.77. The van der Waals surface area contributed by atoms with Crippen LogP contribution in [0.3, 0.4) is 0 Å². The summed E-state index contributed by atoms with van der Waals surface area (Å²) >= 11 is 1.37. The molecular weight excluding hydrogens is 436 g/mol. The van der Waals surface area contributed by atoms with Gasteiger partial charge >= 0.3 is 5.97 Å². The van der Waals surface area contributed by atoms with Gasteiger partial charge in [-0.15, -0.1) is 11.3 Å². The van der Waals surface area contributed by atoms with E-state index in [0.29, 0.717) is 27.3 Å². The van der Waals surface area contributed by atoms with E-state index in [1.165, 1.54) is 11.3 Å². The van der Waals surface area contributed by atoms with Gasteiger partial charge in [-0.25, -0.2) is 9.78 Å². The Morgan fingerprint density at radius 2 is 1.91 bits per heavy atom. The lowest BCUT2D eigenvalue weighted by Crippen LogP contribution is -2.15. The lowest BCUT2D eigenvalue weighted by atomic mass is 10.0. The van der Waals surface area contributed by atoms with E-state index in [4.69, 9.17) is 9.72 Å². The Labute approximate surface area is 196 Å². The van der Waals surface area contributed by atoms with E-state index >= 15 is 0 Å². The highest BCUT2D eigenvalue weighted by molar-refractivity contribution is 7.16. The van der Waals surface area contributed by atoms with Gasteiger partial charge in [0.05, 0.1) is 34.6 Å². The molecule has 4 rings (SSSR count). The number of fused-ring (bicyclic) bond motifs is 1. The van der Waals surface area contributed by atoms with Crippen LogP contribution < -0.4 is 5.32 Å². The molecule has 0 radical (unpaired) electrons. The van der Waals surface area contributed by atoms with Crippen LogP contribution in [0.1, 0.15) is 50.7 Å². The zero-order valence-corrected chi connectivity index (χ0v) is 20.2. The summed E-state index contributed by atoms with van der Waals surface area (Å²) in [5, 5.41) is 8.70. The monoisotopic (exact) mass is 462 g/mol. The highest BCUT2D eigenvalue weighted by Crippen LogP contribution is 2.34. The number of pyridine rings is 1. The van der Waals surface area contributed by atoms with Gasteiger partial charge in [-0.05, 0) is 52.3 Å². The summed E-state index contributed by atoms with van der Waals surface area (Å²) in [5.41, 5.74) is 4.83. The molecule has 3 heterocycles. The molecule has 0 bridgehead atoms. The summed E-state index contributed by atoms with van der Waals surface area (Å²) in [7, 11) is 0. The second-order valence-electron chi connectivity index (χ2n) is 7.72. The third kappa shape index (κ3) is 4.26. The van der Waals surface area contributed by atoms with Crippen molar-refractivity contribution >= 4 is 39.1 Å². The molecule has 0 atom stereocenters. The lowest BCUT2D eigenvalue weighted by molar-refractivity contribution is 0.0527. The Morgan fingerprint density at radius 1 is 1.15 bits per heavy atom. The van der Waals surface area contributed by atoms with Gasteiger partial charge in [-0.1, -0.05) is 18.2 Å². The van der Waals surface area contributed by atoms with Gasteiger partial charge in [0.15, 0.2) is 0 Å². The molecule has 0 saturated carbocycles. The maximum atomic E-state index is 13.5. The minimum absolute atomic E-state index is 0.268. The quantitative estimate of drug-likeness (QED) is 0.381. The zero-order valence-electron chi connectivity index (χ0n) is 19.4. The maximum absolute atomic E-state index is 13.5. The number of nitrogens with one attached hydrogen (secondary N) is 1. The fraction of sp³-hybridized carbons (Fsp3) is 0.280. The van der Waals surface area contributed by atoms with E-state index in [1.54, 1.807) is 13.0 Å². The van der Waals surface area contributed by atoms with Crippen LogP contribution in [0.4, 0.5) is 5.00 Å². The summed E-state index contributed by atoms with van der Waals surface area (Å²) in [6, 6.07) is 9.33. The molecule has 0 saturated heterocycles. The summed E-state index contributed by atoms with van der Waals surface area (Å²) < 4.78 is 7.07. The van der Waals surface area contributed by atoms with Crippen molar-refractivity contribution in [3.05, 3.63) is 63.8 Å². The predicted octanol–water partition coefficient (Wildman–Crippen LogP) is 5.53. The van der Waals surface area contributed by atoms with Crippen LogP contribution >= 0.6 is 11.3 Å². The Kier molecular flexibility index (Phi) is 6.29. The van der Waals surface area contributed by atoms with Crippen LogP contribution in [-0.4, -0.2) is 33.2 Å². The van der Waals surface area contributed by atoms with Crippen molar-refractivity contribution in [2.45, 2.75) is 41.2 Å². The summed E-state index contributed by atoms with van der Waals surface area (Å²) in [4.78, 5) is 31.8. The van der Waals surface area contributed by atoms with Crippen molar-refractivity contribution in [3.8, 4) is 11.3 Å². The minimum Gasteiger partial charge on any atom is -0.462 e. The SMILES string of the molecule is CCOC(=O)c1c(NC(=O)c2cc(-c3cn(CC)nc3C)nc3ccccc23)sc(C)c1C. The molecule has 0 aliphatic heterocycles. The Bertz CT molecular complexity index is 1370. The van der Waals surface area contributed by atoms with Crippen LogP contribution in [0.2, 0.25) is 0 Å². The first kappa shape index (κ1) is 22.7.